The summed E-state index contributed by atoms with van der Waals surface area (Å²) in [7, 11) is 1.00. The molecule has 72 valence electrons. The maximum atomic E-state index is 8.57. The number of hydrogen-bond acceptors (Lipinski definition) is 2. The highest BCUT2D eigenvalue weighted by Crippen LogP contribution is 1.99. The molecule has 0 fully saturated rings. The molecule has 1 aromatic carbocycles. The fourth-order valence-corrected chi connectivity index (χ4v) is 0.637. The number of hydrogen-bond donors (Lipinski definition) is 1. The van der Waals surface area contributed by atoms with Crippen LogP contribution in [-0.4, -0.2) is 18.2 Å². The maximum Gasteiger partial charge on any atom is 0.116 e. The minimum atomic E-state index is 1.00. The van der Waals surface area contributed by atoms with Crippen LogP contribution in [0, 0.1) is 13.8 Å². The van der Waals surface area contributed by atoms with E-state index in [1.807, 2.05) is 0 Å². The monoisotopic (exact) mass is 180 g/mol. The lowest BCUT2D eigenvalue weighted by Crippen LogP contribution is -1.70. The zero-order valence-corrected chi connectivity index (χ0v) is 8.37. The van der Waals surface area contributed by atoms with Gasteiger partial charge in [-0.25, -0.2) is 4.79 Å². The molecular formula is C11H16O2. The molecule has 0 saturated heterocycles. The van der Waals surface area contributed by atoms with Gasteiger partial charge in [0.05, 0.1) is 0 Å². The van der Waals surface area contributed by atoms with Gasteiger partial charge < -0.3 is 5.11 Å². The van der Waals surface area contributed by atoms with E-state index in [0.717, 1.165) is 7.11 Å². The summed E-state index contributed by atoms with van der Waals surface area (Å²) < 4.78 is 0. The molecule has 0 aromatic heterocycles. The second-order valence-corrected chi connectivity index (χ2v) is 2.30. The predicted molar refractivity (Wildman–Crippen MR) is 55.4 cm³/mol. The summed E-state index contributed by atoms with van der Waals surface area (Å²) in [6.07, 6.45) is 0. The average molecular weight is 180 g/mol. The lowest BCUT2D eigenvalue weighted by Gasteiger charge is -1.90. The van der Waals surface area contributed by atoms with E-state index in [0.29, 0.717) is 0 Å². The third kappa shape index (κ3) is 10.6. The molecule has 1 N–H and O–H groups in total. The quantitative estimate of drug-likeness (QED) is 0.619. The third-order valence-corrected chi connectivity index (χ3v) is 1.22. The van der Waals surface area contributed by atoms with Crippen molar-refractivity contribution < 1.29 is 9.90 Å². The Morgan fingerprint density at radius 2 is 1.23 bits per heavy atom. The van der Waals surface area contributed by atoms with Gasteiger partial charge in [-0.2, -0.15) is 0 Å². The molecule has 0 aliphatic carbocycles. The van der Waals surface area contributed by atoms with Crippen molar-refractivity contribution in [1.82, 2.24) is 0 Å². The van der Waals surface area contributed by atoms with Gasteiger partial charge in [0.1, 0.15) is 5.94 Å². The molecule has 1 aromatic rings. The Morgan fingerprint density at radius 1 is 1.08 bits per heavy atom. The van der Waals surface area contributed by atoms with Crippen molar-refractivity contribution in [2.24, 2.45) is 0 Å². The van der Waals surface area contributed by atoms with Crippen LogP contribution >= 0.6 is 0 Å². The Balaban J connectivity index is 0. The minimum Gasteiger partial charge on any atom is -0.400 e. The van der Waals surface area contributed by atoms with Crippen molar-refractivity contribution in [3.8, 4) is 0 Å². The minimum absolute atomic E-state index is 1.00. The number of benzene rings is 1. The van der Waals surface area contributed by atoms with Gasteiger partial charge in [0, 0.05) is 7.11 Å². The molecule has 0 aliphatic heterocycles. The van der Waals surface area contributed by atoms with Crippen LogP contribution < -0.4 is 0 Å². The zero-order chi connectivity index (χ0) is 10.7. The van der Waals surface area contributed by atoms with Gasteiger partial charge in [-0.15, -0.1) is 0 Å². The van der Waals surface area contributed by atoms with Crippen LogP contribution in [0.2, 0.25) is 0 Å². The van der Waals surface area contributed by atoms with Gasteiger partial charge in [-0.1, -0.05) is 35.4 Å². The van der Waals surface area contributed by atoms with Gasteiger partial charge in [0.15, 0.2) is 0 Å². The molecule has 0 unspecified atom stereocenters. The molecule has 0 aliphatic rings. The van der Waals surface area contributed by atoms with Crippen molar-refractivity contribution in [2.75, 3.05) is 7.11 Å². The molecular weight excluding hydrogens is 164 g/mol. The van der Waals surface area contributed by atoms with Gasteiger partial charge in [0.2, 0.25) is 0 Å². The highest BCUT2D eigenvalue weighted by Gasteiger charge is 1.79. The highest BCUT2D eigenvalue weighted by molar-refractivity contribution is 5.38. The molecule has 0 amide bonds. The first-order valence-corrected chi connectivity index (χ1v) is 3.83. The van der Waals surface area contributed by atoms with Gasteiger partial charge in [0.25, 0.3) is 0 Å². The molecule has 0 heterocycles. The average Bonchev–Trinajstić information content (AvgIpc) is 2.15. The van der Waals surface area contributed by atoms with Crippen LogP contribution in [0.25, 0.3) is 0 Å². The molecule has 0 atom stereocenters. The fourth-order valence-electron chi connectivity index (χ4n) is 0.637. The topological polar surface area (TPSA) is 37.3 Å². The Morgan fingerprint density at radius 3 is 1.38 bits per heavy atom. The summed E-state index contributed by atoms with van der Waals surface area (Å²) >= 11 is 0. The van der Waals surface area contributed by atoms with Crippen molar-refractivity contribution in [1.29, 1.82) is 0 Å². The molecule has 2 heteroatoms. The first-order valence-electron chi connectivity index (χ1n) is 3.83. The summed E-state index contributed by atoms with van der Waals surface area (Å²) in [5.41, 5.74) is 2.66. The predicted octanol–water partition coefficient (Wildman–Crippen LogP) is 1.92. The number of aliphatic hydroxyl groups is 1. The maximum absolute atomic E-state index is 8.57. The largest absolute Gasteiger partial charge is 0.400 e. The smallest absolute Gasteiger partial charge is 0.116 e. The van der Waals surface area contributed by atoms with Gasteiger partial charge in [-0.05, 0) is 20.4 Å². The Kier molecular flexibility index (Phi) is 11.6. The molecule has 0 saturated carbocycles. The lowest BCUT2D eigenvalue weighted by molar-refractivity contribution is 0.399. The third-order valence-electron chi connectivity index (χ3n) is 1.22. The van der Waals surface area contributed by atoms with Crippen molar-refractivity contribution >= 4 is 5.94 Å². The van der Waals surface area contributed by atoms with E-state index >= 15 is 0 Å². The molecule has 0 radical (unpaired) electrons. The van der Waals surface area contributed by atoms with Crippen LogP contribution in [0.4, 0.5) is 0 Å². The summed E-state index contributed by atoms with van der Waals surface area (Å²) in [4.78, 5) is 8.57. The number of aryl methyl sites for hydroxylation is 2. The van der Waals surface area contributed by atoms with E-state index < -0.39 is 0 Å². The van der Waals surface area contributed by atoms with Crippen LogP contribution in [-0.2, 0) is 4.79 Å². The Labute approximate surface area is 79.5 Å². The van der Waals surface area contributed by atoms with Crippen molar-refractivity contribution in [3.05, 3.63) is 42.0 Å². The molecule has 0 spiro atoms. The lowest BCUT2D eigenvalue weighted by atomic mass is 10.2. The van der Waals surface area contributed by atoms with E-state index in [9.17, 15) is 0 Å². The van der Waals surface area contributed by atoms with Crippen LogP contribution in [0.3, 0.4) is 0 Å². The first kappa shape index (κ1) is 14.2. The fraction of sp³-hybridized carbons (Fsp3) is 0.273. The van der Waals surface area contributed by atoms with E-state index in [1.165, 1.54) is 17.1 Å². The number of rotatable bonds is 0. The van der Waals surface area contributed by atoms with Gasteiger partial charge in [-0.3, -0.25) is 0 Å². The molecule has 1 rings (SSSR count). The number of carbonyl (C=O) groups excluding carboxylic acids is 1. The molecule has 0 bridgehead atoms. The van der Waals surface area contributed by atoms with Gasteiger partial charge >= 0.3 is 0 Å². The first-order chi connectivity index (χ1) is 6.20. The zero-order valence-electron chi connectivity index (χ0n) is 8.37. The van der Waals surface area contributed by atoms with Crippen molar-refractivity contribution in [3.63, 3.8) is 0 Å². The summed E-state index contributed by atoms with van der Waals surface area (Å²) in [5, 5.41) is 7.00. The van der Waals surface area contributed by atoms with E-state index in [-0.39, 0.29) is 0 Å². The summed E-state index contributed by atoms with van der Waals surface area (Å²) in [5.74, 6) is 1.25. The van der Waals surface area contributed by atoms with Crippen LogP contribution in [0.1, 0.15) is 11.1 Å². The standard InChI is InChI=1S/C8H10.C2H2O.CH4O/c1-7-3-5-8(2)6-4-7;1-2-3;1-2/h3-6H,1-2H3;1H2;2H,1H3. The molecule has 2 nitrogen and oxygen atoms in total. The Bertz CT molecular complexity index is 210. The second-order valence-electron chi connectivity index (χ2n) is 2.30. The van der Waals surface area contributed by atoms with Crippen LogP contribution in [0.5, 0.6) is 0 Å². The number of aliphatic hydroxyl groups excluding tert-OH is 1. The van der Waals surface area contributed by atoms with E-state index in [1.54, 1.807) is 0 Å². The highest BCUT2D eigenvalue weighted by atomic mass is 16.2. The van der Waals surface area contributed by atoms with E-state index in [4.69, 9.17) is 9.90 Å². The second kappa shape index (κ2) is 10.6. The molecule has 13 heavy (non-hydrogen) atoms. The summed E-state index contributed by atoms with van der Waals surface area (Å²) in [6.45, 7) is 6.87. The summed E-state index contributed by atoms with van der Waals surface area (Å²) in [6, 6.07) is 8.48. The Hall–Kier alpha value is -1.37. The van der Waals surface area contributed by atoms with E-state index in [2.05, 4.69) is 44.7 Å². The van der Waals surface area contributed by atoms with Crippen LogP contribution in [0.15, 0.2) is 30.8 Å². The normalized spacial score (nSPS) is 6.77. The van der Waals surface area contributed by atoms with Crippen molar-refractivity contribution in [2.45, 2.75) is 13.8 Å². The SMILES string of the molecule is C=C=O.CO.Cc1ccc(C)cc1.